The highest BCUT2D eigenvalue weighted by atomic mass is 35.5. The van der Waals surface area contributed by atoms with Crippen LogP contribution in [0.4, 0.5) is 0 Å². The number of carbonyl (C=O) groups excluding carboxylic acids is 1. The fourth-order valence-electron chi connectivity index (χ4n) is 2.81. The molecule has 120 valence electrons. The van der Waals surface area contributed by atoms with Gasteiger partial charge in [0.2, 0.25) is 5.91 Å². The number of thioether (sulfide) groups is 1. The summed E-state index contributed by atoms with van der Waals surface area (Å²) in [5.41, 5.74) is 3.85. The summed E-state index contributed by atoms with van der Waals surface area (Å²) in [6, 6.07) is 16.2. The fraction of sp³-hybridized carbons (Fsp3) is 0.316. The van der Waals surface area contributed by atoms with Gasteiger partial charge < -0.3 is 4.90 Å². The molecule has 0 aliphatic carbocycles. The molecular formula is C19H20ClNOS. The molecule has 2 aromatic rings. The first-order valence-electron chi connectivity index (χ1n) is 7.85. The molecular weight excluding hydrogens is 326 g/mol. The lowest BCUT2D eigenvalue weighted by atomic mass is 10.00. The van der Waals surface area contributed by atoms with Gasteiger partial charge in [0.05, 0.1) is 5.25 Å². The van der Waals surface area contributed by atoms with E-state index in [1.165, 1.54) is 16.7 Å². The van der Waals surface area contributed by atoms with Crippen molar-refractivity contribution in [2.45, 2.75) is 30.9 Å². The van der Waals surface area contributed by atoms with E-state index in [1.807, 2.05) is 42.2 Å². The van der Waals surface area contributed by atoms with Crippen molar-refractivity contribution >= 4 is 29.3 Å². The van der Waals surface area contributed by atoms with Gasteiger partial charge in [-0.05, 0) is 42.2 Å². The lowest BCUT2D eigenvalue weighted by Crippen LogP contribution is -2.40. The topological polar surface area (TPSA) is 20.3 Å². The maximum Gasteiger partial charge on any atom is 0.235 e. The van der Waals surface area contributed by atoms with Gasteiger partial charge in [0.15, 0.2) is 0 Å². The van der Waals surface area contributed by atoms with Crippen molar-refractivity contribution in [1.82, 2.24) is 4.90 Å². The van der Waals surface area contributed by atoms with Crippen LogP contribution in [-0.4, -0.2) is 22.6 Å². The number of carbonyl (C=O) groups is 1. The van der Waals surface area contributed by atoms with Crippen LogP contribution in [0.15, 0.2) is 48.5 Å². The molecule has 0 saturated heterocycles. The molecule has 0 bridgehead atoms. The number of amides is 1. The van der Waals surface area contributed by atoms with Gasteiger partial charge in [0, 0.05) is 23.9 Å². The van der Waals surface area contributed by atoms with Gasteiger partial charge >= 0.3 is 0 Å². The standard InChI is InChI=1S/C19H20ClNOS/c1-14(23-13-15-6-8-18(20)9-7-15)19(22)21-11-10-16-4-2-3-5-17(16)12-21/h2-9,14H,10-13H2,1H3. The van der Waals surface area contributed by atoms with Crippen LogP contribution in [0.1, 0.15) is 23.6 Å². The van der Waals surface area contributed by atoms with Crippen LogP contribution < -0.4 is 0 Å². The predicted octanol–water partition coefficient (Wildman–Crippen LogP) is 4.55. The fourth-order valence-corrected chi connectivity index (χ4v) is 3.87. The Labute approximate surface area is 146 Å². The summed E-state index contributed by atoms with van der Waals surface area (Å²) < 4.78 is 0. The van der Waals surface area contributed by atoms with Crippen LogP contribution in [0.5, 0.6) is 0 Å². The third-order valence-corrected chi connectivity index (χ3v) is 5.66. The Bertz CT molecular complexity index is 686. The van der Waals surface area contributed by atoms with Crippen LogP contribution in [-0.2, 0) is 23.5 Å². The largest absolute Gasteiger partial charge is 0.337 e. The molecule has 1 aliphatic heterocycles. The lowest BCUT2D eigenvalue weighted by molar-refractivity contribution is -0.131. The Hall–Kier alpha value is -1.45. The minimum atomic E-state index is -0.0315. The quantitative estimate of drug-likeness (QED) is 0.810. The number of rotatable bonds is 4. The van der Waals surface area contributed by atoms with E-state index in [1.54, 1.807) is 11.8 Å². The number of hydrogen-bond acceptors (Lipinski definition) is 2. The van der Waals surface area contributed by atoms with Crippen molar-refractivity contribution in [3.8, 4) is 0 Å². The second-order valence-electron chi connectivity index (χ2n) is 5.86. The van der Waals surface area contributed by atoms with Gasteiger partial charge in [-0.1, -0.05) is 48.0 Å². The van der Waals surface area contributed by atoms with E-state index in [4.69, 9.17) is 11.6 Å². The van der Waals surface area contributed by atoms with Gasteiger partial charge in [-0.2, -0.15) is 0 Å². The molecule has 2 nitrogen and oxygen atoms in total. The average Bonchev–Trinajstić information content (AvgIpc) is 2.60. The maximum atomic E-state index is 12.7. The van der Waals surface area contributed by atoms with E-state index < -0.39 is 0 Å². The van der Waals surface area contributed by atoms with Gasteiger partial charge in [0.1, 0.15) is 0 Å². The first-order valence-corrected chi connectivity index (χ1v) is 9.28. The van der Waals surface area contributed by atoms with Crippen molar-refractivity contribution in [3.05, 3.63) is 70.2 Å². The van der Waals surface area contributed by atoms with Crippen molar-refractivity contribution in [1.29, 1.82) is 0 Å². The molecule has 0 fully saturated rings. The van der Waals surface area contributed by atoms with E-state index >= 15 is 0 Å². The molecule has 1 aliphatic rings. The minimum Gasteiger partial charge on any atom is -0.337 e. The highest BCUT2D eigenvalue weighted by molar-refractivity contribution is 7.99. The number of halogens is 1. The van der Waals surface area contributed by atoms with Gasteiger partial charge in [-0.25, -0.2) is 0 Å². The van der Waals surface area contributed by atoms with E-state index in [0.29, 0.717) is 0 Å². The van der Waals surface area contributed by atoms with Crippen molar-refractivity contribution in [3.63, 3.8) is 0 Å². The van der Waals surface area contributed by atoms with Crippen LogP contribution >= 0.6 is 23.4 Å². The summed E-state index contributed by atoms with van der Waals surface area (Å²) in [6.07, 6.45) is 0.955. The van der Waals surface area contributed by atoms with Crippen molar-refractivity contribution < 1.29 is 4.79 Å². The molecule has 0 N–H and O–H groups in total. The summed E-state index contributed by atoms with van der Waals surface area (Å²) >= 11 is 7.58. The number of nitrogens with zero attached hydrogens (tertiary/aromatic N) is 1. The minimum absolute atomic E-state index is 0.0315. The van der Waals surface area contributed by atoms with Crippen molar-refractivity contribution in [2.24, 2.45) is 0 Å². The van der Waals surface area contributed by atoms with E-state index in [9.17, 15) is 4.79 Å². The van der Waals surface area contributed by atoms with E-state index in [0.717, 1.165) is 30.3 Å². The van der Waals surface area contributed by atoms with E-state index in [2.05, 4.69) is 18.2 Å². The zero-order valence-electron chi connectivity index (χ0n) is 13.2. The molecule has 0 aromatic heterocycles. The third-order valence-electron chi connectivity index (χ3n) is 4.20. The smallest absolute Gasteiger partial charge is 0.235 e. The first-order chi connectivity index (χ1) is 11.1. The van der Waals surface area contributed by atoms with Crippen LogP contribution in [0.2, 0.25) is 5.02 Å². The number of fused-ring (bicyclic) bond motifs is 1. The average molecular weight is 346 g/mol. The van der Waals surface area contributed by atoms with Crippen LogP contribution in [0.3, 0.4) is 0 Å². The molecule has 0 saturated carbocycles. The van der Waals surface area contributed by atoms with Gasteiger partial charge in [-0.3, -0.25) is 4.79 Å². The second kappa shape index (κ2) is 7.41. The van der Waals surface area contributed by atoms with Crippen LogP contribution in [0, 0.1) is 0 Å². The highest BCUT2D eigenvalue weighted by Gasteiger charge is 2.24. The Morgan fingerprint density at radius 2 is 1.87 bits per heavy atom. The van der Waals surface area contributed by atoms with Crippen molar-refractivity contribution in [2.75, 3.05) is 6.54 Å². The Morgan fingerprint density at radius 3 is 2.61 bits per heavy atom. The molecule has 0 spiro atoms. The zero-order chi connectivity index (χ0) is 16.2. The van der Waals surface area contributed by atoms with Gasteiger partial charge in [-0.15, -0.1) is 11.8 Å². The molecule has 1 unspecified atom stereocenters. The first kappa shape index (κ1) is 16.4. The third kappa shape index (κ3) is 4.10. The molecule has 1 heterocycles. The summed E-state index contributed by atoms with van der Waals surface area (Å²) in [6.45, 7) is 3.56. The Morgan fingerprint density at radius 1 is 1.17 bits per heavy atom. The normalized spacial score (nSPS) is 15.1. The molecule has 1 amide bonds. The summed E-state index contributed by atoms with van der Waals surface area (Å²) in [7, 11) is 0. The SMILES string of the molecule is CC(SCc1ccc(Cl)cc1)C(=O)N1CCc2ccccc2C1. The lowest BCUT2D eigenvalue weighted by Gasteiger charge is -2.30. The summed E-state index contributed by atoms with van der Waals surface area (Å²) in [5.74, 6) is 1.06. The second-order valence-corrected chi connectivity index (χ2v) is 7.62. The Balaban J connectivity index is 1.56. The molecule has 1 atom stereocenters. The number of benzene rings is 2. The molecule has 0 radical (unpaired) electrons. The molecule has 4 heteroatoms. The van der Waals surface area contributed by atoms with E-state index in [-0.39, 0.29) is 11.2 Å². The Kier molecular flexibility index (Phi) is 5.29. The molecule has 2 aromatic carbocycles. The molecule has 23 heavy (non-hydrogen) atoms. The number of hydrogen-bond donors (Lipinski definition) is 0. The predicted molar refractivity (Wildman–Crippen MR) is 97.8 cm³/mol. The highest BCUT2D eigenvalue weighted by Crippen LogP contribution is 2.24. The maximum absolute atomic E-state index is 12.7. The van der Waals surface area contributed by atoms with Gasteiger partial charge in [0.25, 0.3) is 0 Å². The zero-order valence-corrected chi connectivity index (χ0v) is 14.7. The monoisotopic (exact) mass is 345 g/mol. The molecule has 3 rings (SSSR count). The van der Waals surface area contributed by atoms with Crippen LogP contribution in [0.25, 0.3) is 0 Å². The summed E-state index contributed by atoms with van der Waals surface area (Å²) in [5, 5.41) is 0.714. The summed E-state index contributed by atoms with van der Waals surface area (Å²) in [4.78, 5) is 14.7.